The average Bonchev–Trinajstić information content (AvgIpc) is 2.51. The molecule has 5 nitrogen and oxygen atoms in total. The number of ketones is 1. The van der Waals surface area contributed by atoms with Gasteiger partial charge in [0.15, 0.2) is 9.84 Å². The molecular formula is C9H13NO4S. The van der Waals surface area contributed by atoms with Gasteiger partial charge < -0.3 is 4.90 Å². The Bertz CT molecular complexity index is 400. The molecule has 2 aliphatic rings. The number of amides is 1. The number of rotatable bonds is 1. The highest BCUT2D eigenvalue weighted by atomic mass is 32.2. The van der Waals surface area contributed by atoms with Gasteiger partial charge in [-0.1, -0.05) is 0 Å². The minimum atomic E-state index is -2.99. The Morgan fingerprint density at radius 1 is 1.27 bits per heavy atom. The first kappa shape index (κ1) is 10.6. The second kappa shape index (κ2) is 3.59. The molecule has 84 valence electrons. The summed E-state index contributed by atoms with van der Waals surface area (Å²) in [4.78, 5) is 24.1. The second-order valence-electron chi connectivity index (χ2n) is 4.08. The Kier molecular flexibility index (Phi) is 2.54. The van der Waals surface area contributed by atoms with Crippen LogP contribution in [0.25, 0.3) is 0 Å². The molecule has 1 amide bonds. The molecule has 0 aliphatic carbocycles. The molecule has 2 fully saturated rings. The first-order valence-electron chi connectivity index (χ1n) is 5.04. The number of hydrogen-bond donors (Lipinski definition) is 0. The summed E-state index contributed by atoms with van der Waals surface area (Å²) in [6.07, 6.45) is 1.43. The summed E-state index contributed by atoms with van der Waals surface area (Å²) >= 11 is 0. The van der Waals surface area contributed by atoms with E-state index in [1.54, 1.807) is 0 Å². The van der Waals surface area contributed by atoms with Crippen LogP contribution in [0.4, 0.5) is 0 Å². The van der Waals surface area contributed by atoms with Gasteiger partial charge in [0.1, 0.15) is 0 Å². The van der Waals surface area contributed by atoms with Gasteiger partial charge in [-0.15, -0.1) is 0 Å². The molecule has 1 unspecified atom stereocenters. The Morgan fingerprint density at radius 2 is 2.00 bits per heavy atom. The van der Waals surface area contributed by atoms with Crippen molar-refractivity contribution in [2.45, 2.75) is 25.3 Å². The number of Topliss-reactive ketones (excluding diaryl/α,β-unsaturated/α-hetero) is 1. The van der Waals surface area contributed by atoms with E-state index in [0.717, 1.165) is 0 Å². The Labute approximate surface area is 88.4 Å². The molecule has 0 N–H and O–H groups in total. The van der Waals surface area contributed by atoms with E-state index < -0.39 is 15.7 Å². The van der Waals surface area contributed by atoms with Crippen LogP contribution in [0.1, 0.15) is 19.3 Å². The van der Waals surface area contributed by atoms with Gasteiger partial charge in [-0.3, -0.25) is 9.59 Å². The second-order valence-corrected chi connectivity index (χ2v) is 6.31. The lowest BCUT2D eigenvalue weighted by Crippen LogP contribution is -2.48. The lowest BCUT2D eigenvalue weighted by molar-refractivity contribution is -0.148. The van der Waals surface area contributed by atoms with Gasteiger partial charge in [0.25, 0.3) is 5.91 Å². The summed E-state index contributed by atoms with van der Waals surface area (Å²) in [5.41, 5.74) is 0. The Balaban J connectivity index is 2.11. The summed E-state index contributed by atoms with van der Waals surface area (Å²) < 4.78 is 22.5. The monoisotopic (exact) mass is 231 g/mol. The molecule has 0 aromatic rings. The van der Waals surface area contributed by atoms with Crippen molar-refractivity contribution in [3.8, 4) is 0 Å². The fourth-order valence-corrected chi connectivity index (χ4v) is 3.88. The first-order valence-corrected chi connectivity index (χ1v) is 6.86. The Morgan fingerprint density at radius 3 is 2.60 bits per heavy atom. The van der Waals surface area contributed by atoms with E-state index in [2.05, 4.69) is 0 Å². The van der Waals surface area contributed by atoms with Crippen molar-refractivity contribution >= 4 is 21.5 Å². The van der Waals surface area contributed by atoms with Crippen LogP contribution >= 0.6 is 0 Å². The third-order valence-corrected chi connectivity index (χ3v) is 4.70. The third kappa shape index (κ3) is 2.04. The van der Waals surface area contributed by atoms with Gasteiger partial charge in [0, 0.05) is 19.0 Å². The number of carbonyl (C=O) groups excluding carboxylic acids is 2. The molecular weight excluding hydrogens is 218 g/mol. The van der Waals surface area contributed by atoms with Gasteiger partial charge >= 0.3 is 0 Å². The summed E-state index contributed by atoms with van der Waals surface area (Å²) in [6, 6.07) is -0.272. The van der Waals surface area contributed by atoms with Crippen LogP contribution in [0.3, 0.4) is 0 Å². The van der Waals surface area contributed by atoms with E-state index in [1.165, 1.54) is 4.90 Å². The highest BCUT2D eigenvalue weighted by molar-refractivity contribution is 7.91. The molecule has 0 aromatic heterocycles. The lowest BCUT2D eigenvalue weighted by atomic mass is 10.1. The molecule has 15 heavy (non-hydrogen) atoms. The predicted octanol–water partition coefficient (Wildman–Crippen LogP) is -0.635. The van der Waals surface area contributed by atoms with Crippen LogP contribution in [0.2, 0.25) is 0 Å². The first-order chi connectivity index (χ1) is 6.99. The number of sulfone groups is 1. The lowest BCUT2D eigenvalue weighted by Gasteiger charge is -2.30. The van der Waals surface area contributed by atoms with E-state index in [1.807, 2.05) is 0 Å². The highest BCUT2D eigenvalue weighted by Gasteiger charge is 2.37. The largest absolute Gasteiger partial charge is 0.332 e. The SMILES string of the molecule is O=C1CCCN(C2CCS(=O)(=O)C2)C1=O. The van der Waals surface area contributed by atoms with Crippen LogP contribution < -0.4 is 0 Å². The third-order valence-electron chi connectivity index (χ3n) is 2.95. The molecule has 2 aliphatic heterocycles. The van der Waals surface area contributed by atoms with Gasteiger partial charge in [0.2, 0.25) is 5.78 Å². The van der Waals surface area contributed by atoms with Crippen LogP contribution in [-0.2, 0) is 19.4 Å². The number of carbonyl (C=O) groups is 2. The normalized spacial score (nSPS) is 30.9. The molecule has 0 spiro atoms. The van der Waals surface area contributed by atoms with Crippen molar-refractivity contribution < 1.29 is 18.0 Å². The van der Waals surface area contributed by atoms with Crippen LogP contribution in [-0.4, -0.2) is 49.1 Å². The molecule has 2 rings (SSSR count). The maximum absolute atomic E-state index is 11.5. The number of likely N-dealkylation sites (tertiary alicyclic amines) is 1. The minimum absolute atomic E-state index is 0.0199. The standard InChI is InChI=1S/C9H13NO4S/c11-8-2-1-4-10(9(8)12)7-3-5-15(13,14)6-7/h7H,1-6H2. The quantitative estimate of drug-likeness (QED) is 0.563. The molecule has 0 radical (unpaired) electrons. The number of hydrogen-bond acceptors (Lipinski definition) is 4. The summed E-state index contributed by atoms with van der Waals surface area (Å²) in [6.45, 7) is 0.519. The summed E-state index contributed by atoms with van der Waals surface area (Å²) in [5, 5.41) is 0. The van der Waals surface area contributed by atoms with Crippen molar-refractivity contribution in [1.82, 2.24) is 4.90 Å². The van der Waals surface area contributed by atoms with Crippen LogP contribution in [0.5, 0.6) is 0 Å². The molecule has 6 heteroatoms. The van der Waals surface area contributed by atoms with Gasteiger partial charge in [-0.2, -0.15) is 0 Å². The zero-order valence-corrected chi connectivity index (χ0v) is 9.12. The fraction of sp³-hybridized carbons (Fsp3) is 0.778. The molecule has 2 heterocycles. The van der Waals surface area contributed by atoms with Crippen LogP contribution in [0.15, 0.2) is 0 Å². The van der Waals surface area contributed by atoms with Crippen molar-refractivity contribution in [3.05, 3.63) is 0 Å². The van der Waals surface area contributed by atoms with Crippen molar-refractivity contribution in [1.29, 1.82) is 0 Å². The summed E-state index contributed by atoms with van der Waals surface area (Å²) in [5.74, 6) is -0.726. The van der Waals surface area contributed by atoms with Crippen LogP contribution in [0, 0.1) is 0 Å². The number of nitrogens with zero attached hydrogens (tertiary/aromatic N) is 1. The minimum Gasteiger partial charge on any atom is -0.332 e. The van der Waals surface area contributed by atoms with Crippen molar-refractivity contribution in [2.75, 3.05) is 18.1 Å². The smallest absolute Gasteiger partial charge is 0.290 e. The van der Waals surface area contributed by atoms with Crippen molar-refractivity contribution in [3.63, 3.8) is 0 Å². The molecule has 0 bridgehead atoms. The molecule has 0 aromatic carbocycles. The maximum Gasteiger partial charge on any atom is 0.290 e. The van der Waals surface area contributed by atoms with E-state index in [9.17, 15) is 18.0 Å². The molecule has 1 atom stereocenters. The van der Waals surface area contributed by atoms with Gasteiger partial charge in [-0.25, -0.2) is 8.42 Å². The predicted molar refractivity (Wildman–Crippen MR) is 53.0 cm³/mol. The summed E-state index contributed by atoms with van der Waals surface area (Å²) in [7, 11) is -2.99. The maximum atomic E-state index is 11.5. The van der Waals surface area contributed by atoms with E-state index in [-0.39, 0.29) is 23.3 Å². The van der Waals surface area contributed by atoms with Gasteiger partial charge in [0.05, 0.1) is 11.5 Å². The topological polar surface area (TPSA) is 71.5 Å². The average molecular weight is 231 g/mol. The van der Waals surface area contributed by atoms with E-state index >= 15 is 0 Å². The highest BCUT2D eigenvalue weighted by Crippen LogP contribution is 2.21. The zero-order chi connectivity index (χ0) is 11.1. The van der Waals surface area contributed by atoms with E-state index in [0.29, 0.717) is 25.8 Å². The zero-order valence-electron chi connectivity index (χ0n) is 8.31. The fourth-order valence-electron chi connectivity index (χ4n) is 2.15. The van der Waals surface area contributed by atoms with Crippen molar-refractivity contribution in [2.24, 2.45) is 0 Å². The Hall–Kier alpha value is -0.910. The molecule has 2 saturated heterocycles. The van der Waals surface area contributed by atoms with E-state index in [4.69, 9.17) is 0 Å². The molecule has 0 saturated carbocycles. The number of piperidine rings is 1. The van der Waals surface area contributed by atoms with Gasteiger partial charge in [-0.05, 0) is 12.8 Å².